The Balaban J connectivity index is 1.57. The second kappa shape index (κ2) is 14.6. The molecule has 3 rings (SSSR count). The minimum absolute atomic E-state index is 0.0584. The molecule has 210 valence electrons. The van der Waals surface area contributed by atoms with Crippen molar-refractivity contribution in [3.8, 4) is 0 Å². The van der Waals surface area contributed by atoms with Gasteiger partial charge in [0, 0.05) is 56.4 Å². The van der Waals surface area contributed by atoms with Gasteiger partial charge in [0.15, 0.2) is 5.84 Å². The van der Waals surface area contributed by atoms with Gasteiger partial charge in [-0.05, 0) is 79.9 Å². The van der Waals surface area contributed by atoms with Gasteiger partial charge in [0.1, 0.15) is 0 Å². The van der Waals surface area contributed by atoms with Crippen LogP contribution < -0.4 is 11.2 Å². The fraction of sp³-hybridized carbons (Fsp3) is 0.607. The summed E-state index contributed by atoms with van der Waals surface area (Å²) in [5, 5.41) is 10.1. The van der Waals surface area contributed by atoms with Crippen LogP contribution in [0.15, 0.2) is 34.9 Å². The normalized spacial score (nSPS) is 18.7. The second-order valence-corrected chi connectivity index (χ2v) is 11.4. The molecule has 2 saturated heterocycles. The zero-order valence-corrected chi connectivity index (χ0v) is 24.7. The Bertz CT molecular complexity index is 985. The van der Waals surface area contributed by atoms with E-state index in [-0.39, 0.29) is 23.7 Å². The summed E-state index contributed by atoms with van der Waals surface area (Å²) in [5.41, 5.74) is 10.2. The van der Waals surface area contributed by atoms with E-state index >= 15 is 0 Å². The molecule has 0 bridgehead atoms. The molecule has 38 heavy (non-hydrogen) atoms. The van der Waals surface area contributed by atoms with E-state index in [1.54, 1.807) is 11.1 Å². The molecule has 2 aliphatic rings. The van der Waals surface area contributed by atoms with Crippen LogP contribution in [0.25, 0.3) is 0 Å². The van der Waals surface area contributed by atoms with Crippen LogP contribution in [0.4, 0.5) is 0 Å². The van der Waals surface area contributed by atoms with Gasteiger partial charge in [-0.1, -0.05) is 31.9 Å². The maximum Gasteiger partial charge on any atom is 0.269 e. The fourth-order valence-electron chi connectivity index (χ4n) is 5.08. The van der Waals surface area contributed by atoms with E-state index in [2.05, 4.69) is 45.1 Å². The predicted octanol–water partition coefficient (Wildman–Crippen LogP) is 3.37. The van der Waals surface area contributed by atoms with E-state index in [4.69, 9.17) is 11.1 Å². The molecular formula is C28H44BrN7O2. The summed E-state index contributed by atoms with van der Waals surface area (Å²) in [6, 6.07) is 7.60. The van der Waals surface area contributed by atoms with Crippen LogP contribution in [-0.4, -0.2) is 89.7 Å². The molecule has 0 aliphatic carbocycles. The van der Waals surface area contributed by atoms with E-state index < -0.39 is 0 Å². The Morgan fingerprint density at radius 1 is 1.21 bits per heavy atom. The number of nitrogens with zero attached hydrogens (tertiary/aromatic N) is 4. The molecule has 0 radical (unpaired) electrons. The largest absolute Gasteiger partial charge is 0.404 e. The lowest BCUT2D eigenvalue weighted by Gasteiger charge is -2.37. The average molecular weight is 591 g/mol. The number of nitrogens with one attached hydrogen (secondary N) is 2. The van der Waals surface area contributed by atoms with Crippen LogP contribution in [0, 0.1) is 11.3 Å². The number of carbonyl (C=O) groups is 2. The maximum atomic E-state index is 13.2. The van der Waals surface area contributed by atoms with Gasteiger partial charge >= 0.3 is 0 Å². The van der Waals surface area contributed by atoms with Crippen molar-refractivity contribution in [3.63, 3.8) is 0 Å². The van der Waals surface area contributed by atoms with Crippen LogP contribution >= 0.6 is 15.9 Å². The van der Waals surface area contributed by atoms with Gasteiger partial charge in [-0.2, -0.15) is 0 Å². The average Bonchev–Trinajstić information content (AvgIpc) is 2.94. The summed E-state index contributed by atoms with van der Waals surface area (Å²) >= 11 is 3.32. The first-order valence-corrected chi connectivity index (χ1v) is 14.6. The van der Waals surface area contributed by atoms with Gasteiger partial charge in [-0.15, -0.1) is 0 Å². The first-order valence-electron chi connectivity index (χ1n) is 13.8. The Morgan fingerprint density at radius 2 is 1.89 bits per heavy atom. The number of piperidine rings is 1. The Labute approximate surface area is 236 Å². The lowest BCUT2D eigenvalue weighted by atomic mass is 9.94. The lowest BCUT2D eigenvalue weighted by molar-refractivity contribution is -0.138. The van der Waals surface area contributed by atoms with Crippen molar-refractivity contribution < 1.29 is 9.59 Å². The van der Waals surface area contributed by atoms with E-state index in [1.165, 1.54) is 6.20 Å². The van der Waals surface area contributed by atoms with Crippen molar-refractivity contribution >= 4 is 33.6 Å². The van der Waals surface area contributed by atoms with E-state index in [9.17, 15) is 9.59 Å². The van der Waals surface area contributed by atoms with Crippen LogP contribution in [-0.2, 0) is 11.3 Å². The quantitative estimate of drug-likeness (QED) is 0.231. The van der Waals surface area contributed by atoms with E-state index in [0.29, 0.717) is 16.0 Å². The highest BCUT2D eigenvalue weighted by molar-refractivity contribution is 9.12. The highest BCUT2D eigenvalue weighted by atomic mass is 79.9. The minimum Gasteiger partial charge on any atom is -0.404 e. The molecule has 1 unspecified atom stereocenters. The van der Waals surface area contributed by atoms with Crippen LogP contribution in [0.5, 0.6) is 0 Å². The molecule has 9 nitrogen and oxygen atoms in total. The van der Waals surface area contributed by atoms with Crippen molar-refractivity contribution in [2.24, 2.45) is 11.7 Å². The molecular weight excluding hydrogens is 546 g/mol. The maximum absolute atomic E-state index is 13.2. The third-order valence-corrected chi connectivity index (χ3v) is 8.24. The SMILES string of the molecule is CCCCC(C)N(NC(=O)c1cccc(CN2CCC(C(=O)N3CCN(C)CC3)CC2)c1)C(=N)C(Br)=CN. The zero-order valence-electron chi connectivity index (χ0n) is 23.1. The molecule has 1 atom stereocenters. The summed E-state index contributed by atoms with van der Waals surface area (Å²) in [4.78, 5) is 32.8. The number of hydrazine groups is 1. The minimum atomic E-state index is -0.256. The third kappa shape index (κ3) is 8.28. The molecule has 1 aromatic carbocycles. The molecule has 10 heteroatoms. The monoisotopic (exact) mass is 589 g/mol. The second-order valence-electron chi connectivity index (χ2n) is 10.5. The van der Waals surface area contributed by atoms with Crippen LogP contribution in [0.3, 0.4) is 0 Å². The number of benzene rings is 1. The smallest absolute Gasteiger partial charge is 0.269 e. The number of likely N-dealkylation sites (tertiary alicyclic amines) is 1. The van der Waals surface area contributed by atoms with Crippen molar-refractivity contribution in [2.45, 2.75) is 58.5 Å². The van der Waals surface area contributed by atoms with Gasteiger partial charge in [-0.25, -0.2) is 0 Å². The number of likely N-dealkylation sites (N-methyl/N-ethyl adjacent to an activating group) is 1. The summed E-state index contributed by atoms with van der Waals surface area (Å²) in [6.45, 7) is 10.2. The number of hydrogen-bond acceptors (Lipinski definition) is 6. The number of nitrogens with two attached hydrogens (primary N) is 1. The number of amides is 2. The fourth-order valence-corrected chi connectivity index (χ4v) is 5.27. The highest BCUT2D eigenvalue weighted by Gasteiger charge is 2.30. The van der Waals surface area contributed by atoms with Gasteiger partial charge in [0.2, 0.25) is 5.91 Å². The van der Waals surface area contributed by atoms with Gasteiger partial charge in [0.05, 0.1) is 4.48 Å². The van der Waals surface area contributed by atoms with Crippen molar-refractivity contribution in [2.75, 3.05) is 46.3 Å². The molecule has 2 heterocycles. The van der Waals surface area contributed by atoms with Crippen LogP contribution in [0.1, 0.15) is 61.9 Å². The summed E-state index contributed by atoms with van der Waals surface area (Å²) in [7, 11) is 2.10. The van der Waals surface area contributed by atoms with Crippen molar-refractivity contribution in [3.05, 3.63) is 46.1 Å². The van der Waals surface area contributed by atoms with Gasteiger partial charge < -0.3 is 15.5 Å². The summed E-state index contributed by atoms with van der Waals surface area (Å²) in [6.07, 6.45) is 5.95. The first-order chi connectivity index (χ1) is 18.2. The number of piperazine rings is 1. The first kappa shape index (κ1) is 30.1. The van der Waals surface area contributed by atoms with Gasteiger partial charge in [-0.3, -0.25) is 30.3 Å². The number of carbonyl (C=O) groups excluding carboxylic acids is 2. The molecule has 0 saturated carbocycles. The number of halogens is 1. The zero-order chi connectivity index (χ0) is 27.7. The van der Waals surface area contributed by atoms with Crippen molar-refractivity contribution in [1.29, 1.82) is 5.41 Å². The molecule has 2 aliphatic heterocycles. The number of hydrogen-bond donors (Lipinski definition) is 3. The topological polar surface area (TPSA) is 109 Å². The molecule has 4 N–H and O–H groups in total. The molecule has 0 spiro atoms. The molecule has 1 aromatic rings. The third-order valence-electron chi connectivity index (χ3n) is 7.60. The predicted molar refractivity (Wildman–Crippen MR) is 156 cm³/mol. The lowest BCUT2D eigenvalue weighted by Crippen LogP contribution is -2.51. The molecule has 0 aromatic heterocycles. The van der Waals surface area contributed by atoms with Crippen LogP contribution in [0.2, 0.25) is 0 Å². The number of rotatable bonds is 9. The Hall–Kier alpha value is -2.43. The van der Waals surface area contributed by atoms with Gasteiger partial charge in [0.25, 0.3) is 5.91 Å². The summed E-state index contributed by atoms with van der Waals surface area (Å²) in [5.74, 6) is 0.295. The molecule has 2 amide bonds. The Kier molecular flexibility index (Phi) is 11.6. The Morgan fingerprint density at radius 3 is 2.53 bits per heavy atom. The highest BCUT2D eigenvalue weighted by Crippen LogP contribution is 2.22. The summed E-state index contributed by atoms with van der Waals surface area (Å²) < 4.78 is 0.421. The van der Waals surface area contributed by atoms with Crippen molar-refractivity contribution in [1.82, 2.24) is 25.1 Å². The van der Waals surface area contributed by atoms with E-state index in [1.807, 2.05) is 30.0 Å². The standard InChI is InChI=1S/C28H44BrN7O2/c1-4-5-7-21(2)36(26(31)25(29)19-30)32-27(37)24-9-6-8-22(18-24)20-34-12-10-23(11-13-34)28(38)35-16-14-33(3)15-17-35/h6,8-9,18-19,21,23,31H,4-5,7,10-17,20,30H2,1-3H3,(H,32,37). The number of unbranched alkanes of at least 4 members (excludes halogenated alkanes) is 1. The molecule has 2 fully saturated rings. The number of amidine groups is 1. The van der Waals surface area contributed by atoms with E-state index in [0.717, 1.165) is 83.5 Å².